The highest BCUT2D eigenvalue weighted by Gasteiger charge is 1.99. The first-order valence-electron chi connectivity index (χ1n) is 4.80. The average molecular weight is 200 g/mol. The molecule has 0 bridgehead atoms. The van der Waals surface area contributed by atoms with Crippen molar-refractivity contribution in [2.24, 2.45) is 0 Å². The van der Waals surface area contributed by atoms with Gasteiger partial charge in [0.1, 0.15) is 0 Å². The minimum Gasteiger partial charge on any atom is -0.228 e. The van der Waals surface area contributed by atoms with Gasteiger partial charge < -0.3 is 0 Å². The second-order valence-electron chi connectivity index (χ2n) is 3.32. The van der Waals surface area contributed by atoms with E-state index in [1.807, 2.05) is 24.3 Å². The average Bonchev–Trinajstić information content (AvgIpc) is 2.30. The Labute approximate surface area is 88.6 Å². The highest BCUT2D eigenvalue weighted by atomic mass is 19.1. The summed E-state index contributed by atoms with van der Waals surface area (Å²) < 4.78 is 12.6. The van der Waals surface area contributed by atoms with Gasteiger partial charge in [0.15, 0.2) is 0 Å². The maximum atomic E-state index is 12.6. The number of halogens is 1. The number of nitrogens with zero attached hydrogens (tertiary/aromatic N) is 1. The molecule has 0 saturated carbocycles. The number of aromatic nitrogens is 1. The number of hydrogen-bond donors (Lipinski definition) is 0. The molecule has 0 fully saturated rings. The molecule has 0 saturated heterocycles. The lowest BCUT2D eigenvalue weighted by atomic mass is 10.0. The second-order valence-corrected chi connectivity index (χ2v) is 3.32. The Morgan fingerprint density at radius 2 is 2.00 bits per heavy atom. The molecule has 1 nitrogen and oxygen atoms in total. The van der Waals surface area contributed by atoms with Crippen LogP contribution in [0.15, 0.2) is 42.6 Å². The number of benzene rings is 1. The van der Waals surface area contributed by atoms with Crippen LogP contribution in [0.4, 0.5) is 4.39 Å². The van der Waals surface area contributed by atoms with E-state index >= 15 is 0 Å². The molecule has 2 rings (SSSR count). The number of rotatable bonds is 2. The molecule has 0 aliphatic heterocycles. The van der Waals surface area contributed by atoms with Crippen LogP contribution in [0.5, 0.6) is 0 Å². The molecule has 1 radical (unpaired) electrons. The molecular weight excluding hydrogens is 189 g/mol. The molecule has 0 unspecified atom stereocenters. The lowest BCUT2D eigenvalue weighted by Crippen LogP contribution is -1.85. The van der Waals surface area contributed by atoms with Crippen LogP contribution in [0, 0.1) is 12.9 Å². The minimum atomic E-state index is -0.452. The standard InChI is InChI=1S/C13H11FN/c1-2-10-4-3-5-11(8-10)12-6-7-13(14)15-9-12/h3-9H,1-2H2. The highest BCUT2D eigenvalue weighted by molar-refractivity contribution is 5.63. The fraction of sp³-hybridized carbons (Fsp3) is 0.0769. The smallest absolute Gasteiger partial charge is 0.212 e. The maximum absolute atomic E-state index is 12.6. The van der Waals surface area contributed by atoms with Gasteiger partial charge in [-0.2, -0.15) is 4.39 Å². The van der Waals surface area contributed by atoms with Crippen molar-refractivity contribution in [1.29, 1.82) is 0 Å². The highest BCUT2D eigenvalue weighted by Crippen LogP contribution is 2.19. The summed E-state index contributed by atoms with van der Waals surface area (Å²) in [5.41, 5.74) is 3.13. The Kier molecular flexibility index (Phi) is 2.77. The predicted octanol–water partition coefficient (Wildman–Crippen LogP) is 3.26. The number of hydrogen-bond acceptors (Lipinski definition) is 1. The fourth-order valence-electron chi connectivity index (χ4n) is 1.45. The first kappa shape index (κ1) is 9.84. The molecule has 0 aliphatic carbocycles. The fourth-order valence-corrected chi connectivity index (χ4v) is 1.45. The summed E-state index contributed by atoms with van der Waals surface area (Å²) in [7, 11) is 0. The molecule has 0 N–H and O–H groups in total. The van der Waals surface area contributed by atoms with E-state index in [0.717, 1.165) is 23.1 Å². The van der Waals surface area contributed by atoms with E-state index in [-0.39, 0.29) is 0 Å². The van der Waals surface area contributed by atoms with Gasteiger partial charge in [0.25, 0.3) is 0 Å². The van der Waals surface area contributed by atoms with Crippen LogP contribution >= 0.6 is 0 Å². The molecule has 1 aromatic heterocycles. The molecule has 0 atom stereocenters. The Hall–Kier alpha value is -1.70. The van der Waals surface area contributed by atoms with E-state index in [4.69, 9.17) is 0 Å². The third-order valence-corrected chi connectivity index (χ3v) is 2.28. The minimum absolute atomic E-state index is 0.452. The van der Waals surface area contributed by atoms with Crippen molar-refractivity contribution >= 4 is 0 Å². The molecule has 0 amide bonds. The largest absolute Gasteiger partial charge is 0.228 e. The van der Waals surface area contributed by atoms with E-state index in [1.165, 1.54) is 12.3 Å². The van der Waals surface area contributed by atoms with E-state index in [9.17, 15) is 4.39 Å². The second kappa shape index (κ2) is 4.22. The van der Waals surface area contributed by atoms with Crippen LogP contribution in [0.1, 0.15) is 5.56 Å². The third-order valence-electron chi connectivity index (χ3n) is 2.28. The Bertz CT molecular complexity index is 448. The SMILES string of the molecule is [CH2]Cc1cccc(-c2ccc(F)nc2)c1. The van der Waals surface area contributed by atoms with E-state index in [1.54, 1.807) is 6.07 Å². The van der Waals surface area contributed by atoms with Gasteiger partial charge >= 0.3 is 0 Å². The summed E-state index contributed by atoms with van der Waals surface area (Å²) in [5.74, 6) is -0.452. The molecule has 15 heavy (non-hydrogen) atoms. The van der Waals surface area contributed by atoms with Gasteiger partial charge in [-0.25, -0.2) is 4.98 Å². The summed E-state index contributed by atoms with van der Waals surface area (Å²) in [5, 5.41) is 0. The van der Waals surface area contributed by atoms with E-state index in [0.29, 0.717) is 0 Å². The molecule has 0 aliphatic rings. The van der Waals surface area contributed by atoms with Crippen molar-refractivity contribution in [1.82, 2.24) is 4.98 Å². The Morgan fingerprint density at radius 1 is 1.13 bits per heavy atom. The maximum Gasteiger partial charge on any atom is 0.212 e. The van der Waals surface area contributed by atoms with Crippen molar-refractivity contribution in [2.75, 3.05) is 0 Å². The van der Waals surface area contributed by atoms with Crippen LogP contribution in [0.25, 0.3) is 11.1 Å². The van der Waals surface area contributed by atoms with Crippen molar-refractivity contribution in [2.45, 2.75) is 6.42 Å². The lowest BCUT2D eigenvalue weighted by Gasteiger charge is -2.03. The zero-order chi connectivity index (χ0) is 10.7. The van der Waals surface area contributed by atoms with E-state index < -0.39 is 5.95 Å². The molecule has 0 spiro atoms. The summed E-state index contributed by atoms with van der Waals surface area (Å²) in [4.78, 5) is 3.63. The Morgan fingerprint density at radius 3 is 2.67 bits per heavy atom. The molecule has 1 aromatic carbocycles. The van der Waals surface area contributed by atoms with Gasteiger partial charge in [-0.15, -0.1) is 0 Å². The monoisotopic (exact) mass is 200 g/mol. The van der Waals surface area contributed by atoms with Crippen LogP contribution < -0.4 is 0 Å². The molecule has 75 valence electrons. The first-order chi connectivity index (χ1) is 7.29. The van der Waals surface area contributed by atoms with Crippen molar-refractivity contribution < 1.29 is 4.39 Å². The predicted molar refractivity (Wildman–Crippen MR) is 58.7 cm³/mol. The van der Waals surface area contributed by atoms with Gasteiger partial charge in [0.05, 0.1) is 0 Å². The molecule has 1 heterocycles. The molecule has 2 aromatic rings. The summed E-state index contributed by atoms with van der Waals surface area (Å²) in [6.07, 6.45) is 2.29. The van der Waals surface area contributed by atoms with Crippen LogP contribution in [-0.2, 0) is 6.42 Å². The van der Waals surface area contributed by atoms with Crippen molar-refractivity contribution in [3.8, 4) is 11.1 Å². The normalized spacial score (nSPS) is 10.3. The number of pyridine rings is 1. The quantitative estimate of drug-likeness (QED) is 0.678. The zero-order valence-electron chi connectivity index (χ0n) is 8.28. The van der Waals surface area contributed by atoms with Crippen LogP contribution in [0.3, 0.4) is 0 Å². The summed E-state index contributed by atoms with van der Waals surface area (Å²) >= 11 is 0. The summed E-state index contributed by atoms with van der Waals surface area (Å²) in [6.45, 7) is 3.83. The van der Waals surface area contributed by atoms with Gasteiger partial charge in [-0.3, -0.25) is 0 Å². The molecular formula is C13H11FN. The van der Waals surface area contributed by atoms with Crippen molar-refractivity contribution in [3.05, 3.63) is 61.0 Å². The molecule has 2 heteroatoms. The van der Waals surface area contributed by atoms with Crippen molar-refractivity contribution in [3.63, 3.8) is 0 Å². The zero-order valence-corrected chi connectivity index (χ0v) is 8.28. The van der Waals surface area contributed by atoms with Crippen LogP contribution in [-0.4, -0.2) is 4.98 Å². The third kappa shape index (κ3) is 2.21. The van der Waals surface area contributed by atoms with E-state index in [2.05, 4.69) is 11.9 Å². The van der Waals surface area contributed by atoms with Gasteiger partial charge in [0, 0.05) is 11.8 Å². The van der Waals surface area contributed by atoms with Gasteiger partial charge in [0.2, 0.25) is 5.95 Å². The van der Waals surface area contributed by atoms with Crippen LogP contribution in [0.2, 0.25) is 0 Å². The Balaban J connectivity index is 2.40. The first-order valence-corrected chi connectivity index (χ1v) is 4.80. The summed E-state index contributed by atoms with van der Waals surface area (Å²) in [6, 6.07) is 11.1. The topological polar surface area (TPSA) is 12.9 Å². The van der Waals surface area contributed by atoms with Gasteiger partial charge in [-0.1, -0.05) is 24.3 Å². The lowest BCUT2D eigenvalue weighted by molar-refractivity contribution is 0.584. The van der Waals surface area contributed by atoms with Gasteiger partial charge in [-0.05, 0) is 36.6 Å².